The van der Waals surface area contributed by atoms with Crippen LogP contribution in [-0.2, 0) is 4.79 Å². The highest BCUT2D eigenvalue weighted by molar-refractivity contribution is 5.83. The fourth-order valence-corrected chi connectivity index (χ4v) is 2.30. The van der Waals surface area contributed by atoms with Crippen molar-refractivity contribution in [3.8, 4) is 0 Å². The van der Waals surface area contributed by atoms with E-state index >= 15 is 0 Å². The van der Waals surface area contributed by atoms with Crippen molar-refractivity contribution in [2.75, 3.05) is 33.7 Å². The molecule has 4 heteroatoms. The lowest BCUT2D eigenvalue weighted by Gasteiger charge is -2.44. The van der Waals surface area contributed by atoms with E-state index < -0.39 is 0 Å². The van der Waals surface area contributed by atoms with Crippen molar-refractivity contribution in [2.45, 2.75) is 19.8 Å². The Bertz CT molecular complexity index is 222. The van der Waals surface area contributed by atoms with Gasteiger partial charge in [-0.2, -0.15) is 0 Å². The van der Waals surface area contributed by atoms with Gasteiger partial charge in [-0.25, -0.2) is 0 Å². The zero-order chi connectivity index (χ0) is 11.5. The summed E-state index contributed by atoms with van der Waals surface area (Å²) in [4.78, 5) is 14.0. The molecule has 0 heterocycles. The van der Waals surface area contributed by atoms with Crippen LogP contribution < -0.4 is 11.1 Å². The number of nitrogens with one attached hydrogen (secondary N) is 1. The van der Waals surface area contributed by atoms with Gasteiger partial charge in [0, 0.05) is 19.6 Å². The molecule has 0 atom stereocenters. The third kappa shape index (κ3) is 2.92. The Morgan fingerprint density at radius 2 is 2.13 bits per heavy atom. The van der Waals surface area contributed by atoms with Gasteiger partial charge in [0.2, 0.25) is 5.91 Å². The Morgan fingerprint density at radius 1 is 1.53 bits per heavy atom. The van der Waals surface area contributed by atoms with Gasteiger partial charge in [0.1, 0.15) is 0 Å². The maximum absolute atomic E-state index is 11.9. The number of nitrogens with zero attached hydrogens (tertiary/aromatic N) is 1. The SMILES string of the molecule is CC1CC(CN)(C(=O)NCCN(C)C)C1. The molecule has 15 heavy (non-hydrogen) atoms. The van der Waals surface area contributed by atoms with Gasteiger partial charge in [0.05, 0.1) is 5.41 Å². The first kappa shape index (κ1) is 12.5. The molecular formula is C11H23N3O. The van der Waals surface area contributed by atoms with E-state index in [0.29, 0.717) is 19.0 Å². The van der Waals surface area contributed by atoms with Crippen LogP contribution in [0.3, 0.4) is 0 Å². The molecule has 0 aromatic carbocycles. The second-order valence-electron chi connectivity index (χ2n) is 5.06. The van der Waals surface area contributed by atoms with Gasteiger partial charge < -0.3 is 16.0 Å². The van der Waals surface area contributed by atoms with E-state index in [2.05, 4.69) is 17.1 Å². The zero-order valence-electron chi connectivity index (χ0n) is 10.0. The maximum Gasteiger partial charge on any atom is 0.227 e. The molecule has 0 spiro atoms. The lowest BCUT2D eigenvalue weighted by molar-refractivity contribution is -0.138. The standard InChI is InChI=1S/C11H23N3O/c1-9-6-11(7-9,8-12)10(15)13-4-5-14(2)3/h9H,4-8,12H2,1-3H3,(H,13,15). The minimum absolute atomic E-state index is 0.143. The van der Waals surface area contributed by atoms with E-state index in [1.54, 1.807) is 0 Å². The number of rotatable bonds is 5. The van der Waals surface area contributed by atoms with E-state index in [0.717, 1.165) is 19.4 Å². The topological polar surface area (TPSA) is 58.4 Å². The van der Waals surface area contributed by atoms with E-state index in [1.165, 1.54) is 0 Å². The average Bonchev–Trinajstić information content (AvgIpc) is 2.11. The molecule has 0 bridgehead atoms. The molecule has 1 aliphatic carbocycles. The fourth-order valence-electron chi connectivity index (χ4n) is 2.30. The summed E-state index contributed by atoms with van der Waals surface area (Å²) in [7, 11) is 3.99. The molecule has 1 aliphatic rings. The number of hydrogen-bond acceptors (Lipinski definition) is 3. The third-order valence-electron chi connectivity index (χ3n) is 3.20. The largest absolute Gasteiger partial charge is 0.354 e. The van der Waals surface area contributed by atoms with Gasteiger partial charge in [-0.3, -0.25) is 4.79 Å². The highest BCUT2D eigenvalue weighted by Gasteiger charge is 2.46. The molecule has 0 saturated heterocycles. The summed E-state index contributed by atoms with van der Waals surface area (Å²) in [5.41, 5.74) is 5.43. The van der Waals surface area contributed by atoms with E-state index in [-0.39, 0.29) is 11.3 Å². The molecule has 1 fully saturated rings. The maximum atomic E-state index is 11.9. The van der Waals surface area contributed by atoms with Crippen molar-refractivity contribution in [3.05, 3.63) is 0 Å². The van der Waals surface area contributed by atoms with Gasteiger partial charge in [-0.15, -0.1) is 0 Å². The van der Waals surface area contributed by atoms with Gasteiger partial charge >= 0.3 is 0 Å². The number of amides is 1. The molecule has 0 aromatic heterocycles. The molecule has 0 aliphatic heterocycles. The molecular weight excluding hydrogens is 190 g/mol. The quantitative estimate of drug-likeness (QED) is 0.678. The molecule has 1 amide bonds. The summed E-state index contributed by atoms with van der Waals surface area (Å²) in [6, 6.07) is 0. The molecule has 1 rings (SSSR count). The highest BCUT2D eigenvalue weighted by atomic mass is 16.2. The van der Waals surface area contributed by atoms with Gasteiger partial charge in [0.15, 0.2) is 0 Å². The molecule has 88 valence electrons. The van der Waals surface area contributed by atoms with E-state index in [9.17, 15) is 4.79 Å². The first-order chi connectivity index (χ1) is 7.00. The van der Waals surface area contributed by atoms with Crippen LogP contribution in [0.2, 0.25) is 0 Å². The number of hydrogen-bond donors (Lipinski definition) is 2. The number of carbonyl (C=O) groups excluding carboxylic acids is 1. The normalized spacial score (nSPS) is 30.1. The number of likely N-dealkylation sites (N-methyl/N-ethyl adjacent to an activating group) is 1. The predicted octanol–water partition coefficient (Wildman–Crippen LogP) is 0.0392. The first-order valence-corrected chi connectivity index (χ1v) is 5.63. The van der Waals surface area contributed by atoms with Crippen LogP contribution in [0.15, 0.2) is 0 Å². The molecule has 0 radical (unpaired) electrons. The van der Waals surface area contributed by atoms with Crippen molar-refractivity contribution in [1.29, 1.82) is 0 Å². The Labute approximate surface area is 92.2 Å². The van der Waals surface area contributed by atoms with E-state index in [1.807, 2.05) is 14.1 Å². The summed E-state index contributed by atoms with van der Waals surface area (Å²) in [6.07, 6.45) is 1.88. The minimum Gasteiger partial charge on any atom is -0.354 e. The Kier molecular flexibility index (Phi) is 4.11. The van der Waals surface area contributed by atoms with Crippen molar-refractivity contribution in [1.82, 2.24) is 10.2 Å². The Balaban J connectivity index is 2.32. The average molecular weight is 213 g/mol. The summed E-state index contributed by atoms with van der Waals surface area (Å²) in [5.74, 6) is 0.790. The molecule has 0 aromatic rings. The lowest BCUT2D eigenvalue weighted by atomic mass is 9.62. The second kappa shape index (κ2) is 4.94. The van der Waals surface area contributed by atoms with Gasteiger partial charge in [-0.05, 0) is 32.9 Å². The predicted molar refractivity (Wildman–Crippen MR) is 61.4 cm³/mol. The second-order valence-corrected chi connectivity index (χ2v) is 5.06. The van der Waals surface area contributed by atoms with Crippen LogP contribution in [0, 0.1) is 11.3 Å². The Morgan fingerprint density at radius 3 is 2.53 bits per heavy atom. The Hall–Kier alpha value is -0.610. The highest BCUT2D eigenvalue weighted by Crippen LogP contribution is 2.44. The lowest BCUT2D eigenvalue weighted by Crippen LogP contribution is -2.54. The van der Waals surface area contributed by atoms with Crippen molar-refractivity contribution in [3.63, 3.8) is 0 Å². The van der Waals surface area contributed by atoms with Crippen molar-refractivity contribution >= 4 is 5.91 Å². The summed E-state index contributed by atoms with van der Waals surface area (Å²) in [5, 5.41) is 2.97. The molecule has 3 N–H and O–H groups in total. The fraction of sp³-hybridized carbons (Fsp3) is 0.909. The van der Waals surface area contributed by atoms with E-state index in [4.69, 9.17) is 5.73 Å². The van der Waals surface area contributed by atoms with Gasteiger partial charge in [-0.1, -0.05) is 6.92 Å². The van der Waals surface area contributed by atoms with Crippen LogP contribution in [0.25, 0.3) is 0 Å². The van der Waals surface area contributed by atoms with Crippen molar-refractivity contribution < 1.29 is 4.79 Å². The van der Waals surface area contributed by atoms with Crippen LogP contribution in [0.5, 0.6) is 0 Å². The molecule has 0 unspecified atom stereocenters. The smallest absolute Gasteiger partial charge is 0.227 e. The monoisotopic (exact) mass is 213 g/mol. The number of nitrogens with two attached hydrogens (primary N) is 1. The zero-order valence-corrected chi connectivity index (χ0v) is 10.0. The number of carbonyl (C=O) groups is 1. The summed E-state index contributed by atoms with van der Waals surface area (Å²) >= 11 is 0. The summed E-state index contributed by atoms with van der Waals surface area (Å²) in [6.45, 7) is 4.23. The first-order valence-electron chi connectivity index (χ1n) is 5.63. The molecule has 4 nitrogen and oxygen atoms in total. The van der Waals surface area contributed by atoms with Crippen LogP contribution in [-0.4, -0.2) is 44.5 Å². The van der Waals surface area contributed by atoms with Crippen molar-refractivity contribution in [2.24, 2.45) is 17.1 Å². The summed E-state index contributed by atoms with van der Waals surface area (Å²) < 4.78 is 0. The minimum atomic E-state index is -0.258. The third-order valence-corrected chi connectivity index (χ3v) is 3.20. The molecule has 1 saturated carbocycles. The van der Waals surface area contributed by atoms with Crippen LogP contribution in [0.4, 0.5) is 0 Å². The van der Waals surface area contributed by atoms with Crippen LogP contribution in [0.1, 0.15) is 19.8 Å². The van der Waals surface area contributed by atoms with Gasteiger partial charge in [0.25, 0.3) is 0 Å². The van der Waals surface area contributed by atoms with Crippen LogP contribution >= 0.6 is 0 Å².